The Bertz CT molecular complexity index is 886. The lowest BCUT2D eigenvalue weighted by atomic mass is 10.1. The van der Waals surface area contributed by atoms with Gasteiger partial charge in [0.15, 0.2) is 11.0 Å². The van der Waals surface area contributed by atoms with Crippen LogP contribution in [0.25, 0.3) is 11.4 Å². The van der Waals surface area contributed by atoms with Gasteiger partial charge in [0.2, 0.25) is 0 Å². The minimum atomic E-state index is -0.333. The molecule has 0 amide bonds. The summed E-state index contributed by atoms with van der Waals surface area (Å²) in [6.07, 6.45) is 0.773. The Kier molecular flexibility index (Phi) is 5.46. The monoisotopic (exact) mass is 352 g/mol. The van der Waals surface area contributed by atoms with E-state index >= 15 is 0 Å². The zero-order valence-corrected chi connectivity index (χ0v) is 14.6. The van der Waals surface area contributed by atoms with Crippen LogP contribution >= 0.6 is 11.8 Å². The van der Waals surface area contributed by atoms with Gasteiger partial charge in [0, 0.05) is 6.54 Å². The molecule has 126 valence electrons. The Hall–Kier alpha value is -2.65. The van der Waals surface area contributed by atoms with Crippen LogP contribution in [0.4, 0.5) is 4.39 Å². The number of aryl methyl sites for hydroxylation is 1. The summed E-state index contributed by atoms with van der Waals surface area (Å²) in [5, 5.41) is 17.8. The van der Waals surface area contributed by atoms with Gasteiger partial charge in [0.05, 0.1) is 16.9 Å². The molecule has 25 heavy (non-hydrogen) atoms. The summed E-state index contributed by atoms with van der Waals surface area (Å²) >= 11 is 1.33. The fourth-order valence-electron chi connectivity index (χ4n) is 2.49. The molecular formula is C19H17FN4S. The maximum Gasteiger partial charge on any atom is 0.192 e. The maximum atomic E-state index is 14.2. The zero-order valence-electron chi connectivity index (χ0n) is 13.8. The largest absolute Gasteiger partial charge is 0.302 e. The number of hydrogen-bond donors (Lipinski definition) is 0. The van der Waals surface area contributed by atoms with E-state index in [2.05, 4.69) is 28.4 Å². The highest BCUT2D eigenvalue weighted by atomic mass is 32.2. The highest BCUT2D eigenvalue weighted by Crippen LogP contribution is 2.28. The molecule has 0 spiro atoms. The molecule has 0 fully saturated rings. The molecule has 1 heterocycles. The quantitative estimate of drug-likeness (QED) is 0.620. The van der Waals surface area contributed by atoms with Crippen LogP contribution in [0.2, 0.25) is 0 Å². The number of rotatable bonds is 6. The van der Waals surface area contributed by atoms with E-state index in [1.165, 1.54) is 23.4 Å². The molecule has 0 unspecified atom stereocenters. The second kappa shape index (κ2) is 7.95. The van der Waals surface area contributed by atoms with Crippen LogP contribution in [0, 0.1) is 17.1 Å². The molecule has 4 nitrogen and oxygen atoms in total. The topological polar surface area (TPSA) is 54.5 Å². The molecule has 0 saturated heterocycles. The molecule has 3 rings (SSSR count). The lowest BCUT2D eigenvalue weighted by molar-refractivity contribution is 0.616. The highest BCUT2D eigenvalue weighted by Gasteiger charge is 2.18. The zero-order chi connectivity index (χ0) is 17.6. The normalized spacial score (nSPS) is 11.9. The van der Waals surface area contributed by atoms with Crippen molar-refractivity contribution in [2.45, 2.75) is 30.3 Å². The second-order valence-electron chi connectivity index (χ2n) is 5.56. The highest BCUT2D eigenvalue weighted by molar-refractivity contribution is 8.00. The fraction of sp³-hybridized carbons (Fsp3) is 0.211. The molecule has 0 bridgehead atoms. The van der Waals surface area contributed by atoms with Gasteiger partial charge in [-0.2, -0.15) is 5.26 Å². The molecular weight excluding hydrogens is 335 g/mol. The van der Waals surface area contributed by atoms with Gasteiger partial charge in [-0.3, -0.25) is 0 Å². The molecule has 0 aliphatic rings. The smallest absolute Gasteiger partial charge is 0.192 e. The van der Waals surface area contributed by atoms with Crippen LogP contribution in [-0.2, 0) is 13.0 Å². The average molecular weight is 352 g/mol. The number of thioether (sulfide) groups is 1. The lowest BCUT2D eigenvalue weighted by Gasteiger charge is -2.11. The van der Waals surface area contributed by atoms with Crippen molar-refractivity contribution >= 4 is 11.8 Å². The lowest BCUT2D eigenvalue weighted by Crippen LogP contribution is -2.07. The maximum absolute atomic E-state index is 14.2. The summed E-state index contributed by atoms with van der Waals surface area (Å²) in [6.45, 7) is 2.42. The first kappa shape index (κ1) is 17.2. The van der Waals surface area contributed by atoms with Crippen molar-refractivity contribution in [3.63, 3.8) is 0 Å². The van der Waals surface area contributed by atoms with E-state index in [-0.39, 0.29) is 11.1 Å². The van der Waals surface area contributed by atoms with E-state index in [4.69, 9.17) is 5.26 Å². The van der Waals surface area contributed by atoms with Crippen LogP contribution in [0.1, 0.15) is 12.5 Å². The second-order valence-corrected chi connectivity index (χ2v) is 6.87. The third kappa shape index (κ3) is 4.06. The van der Waals surface area contributed by atoms with Gasteiger partial charge < -0.3 is 4.57 Å². The Morgan fingerprint density at radius 3 is 2.56 bits per heavy atom. The van der Waals surface area contributed by atoms with Crippen molar-refractivity contribution in [3.05, 3.63) is 66.0 Å². The van der Waals surface area contributed by atoms with Crippen molar-refractivity contribution in [2.24, 2.45) is 0 Å². The Morgan fingerprint density at radius 1 is 1.12 bits per heavy atom. The number of halogens is 1. The number of hydrogen-bond acceptors (Lipinski definition) is 4. The Labute approximate surface area is 150 Å². The third-order valence-electron chi connectivity index (χ3n) is 3.76. The summed E-state index contributed by atoms with van der Waals surface area (Å²) in [5.41, 5.74) is 1.60. The summed E-state index contributed by atoms with van der Waals surface area (Å²) in [4.78, 5) is 0. The van der Waals surface area contributed by atoms with E-state index < -0.39 is 0 Å². The molecule has 0 saturated carbocycles. The van der Waals surface area contributed by atoms with Gasteiger partial charge in [-0.05, 0) is 31.0 Å². The minimum Gasteiger partial charge on any atom is -0.302 e. The molecule has 0 radical (unpaired) electrons. The molecule has 3 aromatic rings. The number of nitriles is 1. The number of nitrogens with zero attached hydrogens (tertiary/aromatic N) is 4. The van der Waals surface area contributed by atoms with Crippen LogP contribution in [0.5, 0.6) is 0 Å². The van der Waals surface area contributed by atoms with E-state index in [0.29, 0.717) is 23.1 Å². The predicted octanol–water partition coefficient (Wildman–Crippen LogP) is 4.33. The van der Waals surface area contributed by atoms with Crippen LogP contribution < -0.4 is 0 Å². The van der Waals surface area contributed by atoms with Crippen molar-refractivity contribution < 1.29 is 4.39 Å². The average Bonchev–Trinajstić information content (AvgIpc) is 3.03. The molecule has 1 atom stereocenters. The van der Waals surface area contributed by atoms with Gasteiger partial charge in [0.1, 0.15) is 5.82 Å². The van der Waals surface area contributed by atoms with E-state index in [1.54, 1.807) is 18.2 Å². The first-order valence-corrected chi connectivity index (χ1v) is 8.85. The Morgan fingerprint density at radius 2 is 1.84 bits per heavy atom. The van der Waals surface area contributed by atoms with Crippen molar-refractivity contribution in [1.82, 2.24) is 14.8 Å². The Balaban J connectivity index is 1.95. The van der Waals surface area contributed by atoms with E-state index in [9.17, 15) is 4.39 Å². The predicted molar refractivity (Wildman–Crippen MR) is 96.5 cm³/mol. The number of aromatic nitrogens is 3. The van der Waals surface area contributed by atoms with Gasteiger partial charge in [-0.25, -0.2) is 4.39 Å². The van der Waals surface area contributed by atoms with Crippen molar-refractivity contribution in [2.75, 3.05) is 0 Å². The van der Waals surface area contributed by atoms with E-state index in [1.807, 2.05) is 29.7 Å². The number of benzene rings is 2. The SMILES string of the molecule is C[C@@H](C#N)Sc1nnc(-c2ccccc2F)n1CCc1ccccc1. The van der Waals surface area contributed by atoms with Gasteiger partial charge in [0.25, 0.3) is 0 Å². The first-order chi connectivity index (χ1) is 12.2. The van der Waals surface area contributed by atoms with Gasteiger partial charge >= 0.3 is 0 Å². The van der Waals surface area contributed by atoms with Gasteiger partial charge in [-0.15, -0.1) is 10.2 Å². The minimum absolute atomic E-state index is 0.256. The fourth-order valence-corrected chi connectivity index (χ4v) is 3.25. The summed E-state index contributed by atoms with van der Waals surface area (Å²) in [5.74, 6) is 0.155. The third-order valence-corrected chi connectivity index (χ3v) is 4.73. The molecule has 1 aromatic heterocycles. The summed E-state index contributed by atoms with van der Waals surface area (Å²) in [6, 6.07) is 18.8. The van der Waals surface area contributed by atoms with E-state index in [0.717, 1.165) is 6.42 Å². The summed E-state index contributed by atoms with van der Waals surface area (Å²) in [7, 11) is 0. The first-order valence-electron chi connectivity index (χ1n) is 7.97. The molecule has 6 heteroatoms. The van der Waals surface area contributed by atoms with Gasteiger partial charge in [-0.1, -0.05) is 54.2 Å². The standard InChI is InChI=1S/C19H17FN4S/c1-14(13-21)25-19-23-22-18(16-9-5-6-10-17(16)20)24(19)12-11-15-7-3-2-4-8-15/h2-10,14H,11-12H2,1H3/t14-/m0/s1. The molecule has 0 N–H and O–H groups in total. The van der Waals surface area contributed by atoms with Crippen molar-refractivity contribution in [1.29, 1.82) is 5.26 Å². The van der Waals surface area contributed by atoms with Crippen LogP contribution in [0.3, 0.4) is 0 Å². The van der Waals surface area contributed by atoms with Crippen LogP contribution in [-0.4, -0.2) is 20.0 Å². The van der Waals surface area contributed by atoms with Crippen LogP contribution in [0.15, 0.2) is 59.8 Å². The summed E-state index contributed by atoms with van der Waals surface area (Å²) < 4.78 is 16.1. The van der Waals surface area contributed by atoms with Crippen molar-refractivity contribution in [3.8, 4) is 17.5 Å². The molecule has 0 aliphatic carbocycles. The molecule has 2 aromatic carbocycles. The molecule has 0 aliphatic heterocycles.